The third-order valence-corrected chi connectivity index (χ3v) is 5.57. The lowest BCUT2D eigenvalue weighted by Gasteiger charge is -2.41. The molecule has 2 heterocycles. The van der Waals surface area contributed by atoms with Crippen molar-refractivity contribution in [1.82, 2.24) is 10.2 Å². The Labute approximate surface area is 106 Å². The Hall–Kier alpha value is -0.0800. The summed E-state index contributed by atoms with van der Waals surface area (Å²) in [6.45, 7) is 10.2. The summed E-state index contributed by atoms with van der Waals surface area (Å²) < 4.78 is 0. The van der Waals surface area contributed by atoms with E-state index in [1.165, 1.54) is 58.3 Å². The molecule has 0 aromatic heterocycles. The third-order valence-electron chi connectivity index (χ3n) is 5.57. The van der Waals surface area contributed by atoms with Gasteiger partial charge in [0.15, 0.2) is 0 Å². The molecule has 3 fully saturated rings. The van der Waals surface area contributed by atoms with E-state index in [0.29, 0.717) is 5.41 Å². The van der Waals surface area contributed by atoms with Gasteiger partial charge in [0.2, 0.25) is 0 Å². The number of likely N-dealkylation sites (tertiary alicyclic amines) is 1. The Morgan fingerprint density at radius 1 is 1.12 bits per heavy atom. The largest absolute Gasteiger partial charge is 0.312 e. The Bertz CT molecular complexity index is 262. The summed E-state index contributed by atoms with van der Waals surface area (Å²) in [6, 6.07) is 0.718. The SMILES string of the molecule is CC1(C)CCCNC1CN1CC2CCCC2C1. The highest BCUT2D eigenvalue weighted by molar-refractivity contribution is 4.94. The first kappa shape index (κ1) is 12.0. The molecule has 0 bridgehead atoms. The van der Waals surface area contributed by atoms with E-state index in [1.54, 1.807) is 0 Å². The topological polar surface area (TPSA) is 15.3 Å². The fourth-order valence-electron chi connectivity index (χ4n) is 4.32. The number of nitrogens with one attached hydrogen (secondary N) is 1. The number of piperidine rings is 1. The van der Waals surface area contributed by atoms with Crippen LogP contribution in [0, 0.1) is 17.3 Å². The second kappa shape index (κ2) is 4.55. The first-order valence-electron chi connectivity index (χ1n) is 7.61. The molecule has 17 heavy (non-hydrogen) atoms. The van der Waals surface area contributed by atoms with Gasteiger partial charge in [0, 0.05) is 25.7 Å². The van der Waals surface area contributed by atoms with Crippen molar-refractivity contribution >= 4 is 0 Å². The molecule has 2 nitrogen and oxygen atoms in total. The maximum absolute atomic E-state index is 3.76. The van der Waals surface area contributed by atoms with Gasteiger partial charge in [-0.15, -0.1) is 0 Å². The molecule has 98 valence electrons. The zero-order chi connectivity index (χ0) is 11.9. The predicted molar refractivity (Wildman–Crippen MR) is 72.1 cm³/mol. The lowest BCUT2D eigenvalue weighted by atomic mass is 9.77. The molecule has 0 radical (unpaired) electrons. The third kappa shape index (κ3) is 2.39. The number of nitrogens with zero attached hydrogens (tertiary/aromatic N) is 1. The van der Waals surface area contributed by atoms with Crippen LogP contribution in [0.25, 0.3) is 0 Å². The van der Waals surface area contributed by atoms with Gasteiger partial charge in [0.05, 0.1) is 0 Å². The van der Waals surface area contributed by atoms with E-state index >= 15 is 0 Å². The van der Waals surface area contributed by atoms with Gasteiger partial charge in [-0.25, -0.2) is 0 Å². The first-order chi connectivity index (χ1) is 8.15. The molecule has 2 aliphatic heterocycles. The molecule has 1 saturated carbocycles. The van der Waals surface area contributed by atoms with Crippen LogP contribution in [0.4, 0.5) is 0 Å². The van der Waals surface area contributed by atoms with E-state index in [-0.39, 0.29) is 0 Å². The van der Waals surface area contributed by atoms with E-state index in [9.17, 15) is 0 Å². The van der Waals surface area contributed by atoms with Crippen LogP contribution in [-0.2, 0) is 0 Å². The standard InChI is InChI=1S/C15H28N2/c1-15(2)7-4-8-16-14(15)11-17-9-12-5-3-6-13(12)10-17/h12-14,16H,3-11H2,1-2H3. The molecule has 3 rings (SSSR count). The van der Waals surface area contributed by atoms with Crippen molar-refractivity contribution in [2.45, 2.75) is 52.0 Å². The summed E-state index contributed by atoms with van der Waals surface area (Å²) >= 11 is 0. The molecule has 0 amide bonds. The summed E-state index contributed by atoms with van der Waals surface area (Å²) in [4.78, 5) is 2.75. The zero-order valence-corrected chi connectivity index (χ0v) is 11.5. The van der Waals surface area contributed by atoms with Crippen LogP contribution >= 0.6 is 0 Å². The number of hydrogen-bond donors (Lipinski definition) is 1. The van der Waals surface area contributed by atoms with Crippen molar-refractivity contribution < 1.29 is 0 Å². The molecule has 1 aliphatic carbocycles. The van der Waals surface area contributed by atoms with E-state index in [4.69, 9.17) is 0 Å². The van der Waals surface area contributed by atoms with Gasteiger partial charge < -0.3 is 10.2 Å². The smallest absolute Gasteiger partial charge is 0.0246 e. The average Bonchev–Trinajstić information content (AvgIpc) is 2.81. The average molecular weight is 236 g/mol. The van der Waals surface area contributed by atoms with Gasteiger partial charge in [0.1, 0.15) is 0 Å². The highest BCUT2D eigenvalue weighted by atomic mass is 15.2. The van der Waals surface area contributed by atoms with Crippen LogP contribution in [0.15, 0.2) is 0 Å². The minimum atomic E-state index is 0.496. The Morgan fingerprint density at radius 3 is 2.47 bits per heavy atom. The highest BCUT2D eigenvalue weighted by Gasteiger charge is 2.39. The molecular formula is C15H28N2. The quantitative estimate of drug-likeness (QED) is 0.792. The molecule has 3 atom stereocenters. The van der Waals surface area contributed by atoms with E-state index in [2.05, 4.69) is 24.1 Å². The van der Waals surface area contributed by atoms with Crippen molar-refractivity contribution in [2.24, 2.45) is 17.3 Å². The molecule has 1 N–H and O–H groups in total. The van der Waals surface area contributed by atoms with Gasteiger partial charge in [-0.3, -0.25) is 0 Å². The summed E-state index contributed by atoms with van der Waals surface area (Å²) in [5.74, 6) is 2.09. The van der Waals surface area contributed by atoms with Gasteiger partial charge in [-0.1, -0.05) is 20.3 Å². The van der Waals surface area contributed by atoms with Crippen LogP contribution in [0.1, 0.15) is 46.0 Å². The van der Waals surface area contributed by atoms with Crippen molar-refractivity contribution in [1.29, 1.82) is 0 Å². The molecule has 3 aliphatic rings. The summed E-state index contributed by atoms with van der Waals surface area (Å²) in [7, 11) is 0. The van der Waals surface area contributed by atoms with E-state index in [0.717, 1.165) is 17.9 Å². The van der Waals surface area contributed by atoms with E-state index < -0.39 is 0 Å². The number of fused-ring (bicyclic) bond motifs is 1. The van der Waals surface area contributed by atoms with Crippen LogP contribution in [0.2, 0.25) is 0 Å². The van der Waals surface area contributed by atoms with Crippen LogP contribution in [0.3, 0.4) is 0 Å². The lowest BCUT2D eigenvalue weighted by molar-refractivity contribution is 0.134. The zero-order valence-electron chi connectivity index (χ0n) is 11.5. The predicted octanol–water partition coefficient (Wildman–Crippen LogP) is 2.50. The maximum Gasteiger partial charge on any atom is 0.0246 e. The minimum absolute atomic E-state index is 0.496. The van der Waals surface area contributed by atoms with Gasteiger partial charge in [0.25, 0.3) is 0 Å². The van der Waals surface area contributed by atoms with Crippen molar-refractivity contribution in [3.63, 3.8) is 0 Å². The fraction of sp³-hybridized carbons (Fsp3) is 1.00. The van der Waals surface area contributed by atoms with Gasteiger partial charge >= 0.3 is 0 Å². The molecule has 0 aromatic rings. The van der Waals surface area contributed by atoms with Crippen LogP contribution in [-0.4, -0.2) is 37.1 Å². The fourth-order valence-corrected chi connectivity index (χ4v) is 4.32. The molecule has 0 spiro atoms. The number of rotatable bonds is 2. The number of hydrogen-bond acceptors (Lipinski definition) is 2. The Balaban J connectivity index is 1.56. The first-order valence-corrected chi connectivity index (χ1v) is 7.61. The van der Waals surface area contributed by atoms with E-state index in [1.807, 2.05) is 0 Å². The van der Waals surface area contributed by atoms with Gasteiger partial charge in [-0.05, 0) is 49.5 Å². The molecule has 0 aromatic carbocycles. The summed E-state index contributed by atoms with van der Waals surface area (Å²) in [5, 5.41) is 3.76. The van der Waals surface area contributed by atoms with Crippen LogP contribution in [0.5, 0.6) is 0 Å². The van der Waals surface area contributed by atoms with Gasteiger partial charge in [-0.2, -0.15) is 0 Å². The highest BCUT2D eigenvalue weighted by Crippen LogP contribution is 2.39. The molecular weight excluding hydrogens is 208 g/mol. The normalized spacial score (nSPS) is 41.6. The maximum atomic E-state index is 3.76. The molecule has 2 heteroatoms. The minimum Gasteiger partial charge on any atom is -0.312 e. The Kier molecular flexibility index (Phi) is 3.20. The Morgan fingerprint density at radius 2 is 1.82 bits per heavy atom. The second-order valence-corrected chi connectivity index (χ2v) is 7.27. The summed E-state index contributed by atoms with van der Waals surface area (Å²) in [5.41, 5.74) is 0.496. The van der Waals surface area contributed by atoms with Crippen molar-refractivity contribution in [2.75, 3.05) is 26.2 Å². The lowest BCUT2D eigenvalue weighted by Crippen LogP contribution is -2.52. The van der Waals surface area contributed by atoms with Crippen molar-refractivity contribution in [3.05, 3.63) is 0 Å². The monoisotopic (exact) mass is 236 g/mol. The molecule has 3 unspecified atom stereocenters. The molecule has 2 saturated heterocycles. The van der Waals surface area contributed by atoms with Crippen LogP contribution < -0.4 is 5.32 Å². The van der Waals surface area contributed by atoms with Crippen molar-refractivity contribution in [3.8, 4) is 0 Å². The second-order valence-electron chi connectivity index (χ2n) is 7.27. The summed E-state index contributed by atoms with van der Waals surface area (Å²) in [6.07, 6.45) is 7.25.